The SMILES string of the molecule is COc1cc([C@@H]2[C@H]3CCCC[C@]3(O)CCN2CC(=O)NCc2ccco2)cc(OC)c1OC. The smallest absolute Gasteiger partial charge is 0.234 e. The van der Waals surface area contributed by atoms with Crippen LogP contribution in [0.2, 0.25) is 0 Å². The molecular formula is C25H34N2O6. The van der Waals surface area contributed by atoms with Crippen LogP contribution in [-0.4, -0.2) is 55.9 Å². The number of amides is 1. The third-order valence-corrected chi connectivity index (χ3v) is 7.09. The van der Waals surface area contributed by atoms with Gasteiger partial charge in [-0.05, 0) is 49.1 Å². The number of ether oxygens (including phenoxy) is 3. The Morgan fingerprint density at radius 1 is 1.18 bits per heavy atom. The highest BCUT2D eigenvalue weighted by Gasteiger charge is 2.49. The number of rotatable bonds is 8. The fourth-order valence-electron chi connectivity index (χ4n) is 5.47. The van der Waals surface area contributed by atoms with Gasteiger partial charge in [0.05, 0.1) is 46.3 Å². The third-order valence-electron chi connectivity index (χ3n) is 7.09. The Labute approximate surface area is 194 Å². The lowest BCUT2D eigenvalue weighted by Crippen LogP contribution is -2.56. The van der Waals surface area contributed by atoms with Crippen LogP contribution >= 0.6 is 0 Å². The van der Waals surface area contributed by atoms with Crippen molar-refractivity contribution in [1.82, 2.24) is 10.2 Å². The van der Waals surface area contributed by atoms with E-state index >= 15 is 0 Å². The Hall–Kier alpha value is -2.71. The minimum Gasteiger partial charge on any atom is -0.493 e. The number of fused-ring (bicyclic) bond motifs is 1. The van der Waals surface area contributed by atoms with Gasteiger partial charge in [0.15, 0.2) is 11.5 Å². The lowest BCUT2D eigenvalue weighted by Gasteiger charge is -2.52. The molecule has 2 N–H and O–H groups in total. The molecule has 3 atom stereocenters. The summed E-state index contributed by atoms with van der Waals surface area (Å²) < 4.78 is 22.0. The van der Waals surface area contributed by atoms with Crippen LogP contribution in [0.1, 0.15) is 49.5 Å². The molecule has 0 unspecified atom stereocenters. The molecule has 2 aromatic rings. The number of carbonyl (C=O) groups excluding carboxylic acids is 1. The molecule has 2 fully saturated rings. The molecule has 1 aliphatic carbocycles. The van der Waals surface area contributed by atoms with E-state index in [0.29, 0.717) is 42.5 Å². The Morgan fingerprint density at radius 3 is 2.58 bits per heavy atom. The summed E-state index contributed by atoms with van der Waals surface area (Å²) in [5.41, 5.74) is 0.220. The second-order valence-electron chi connectivity index (χ2n) is 8.94. The lowest BCUT2D eigenvalue weighted by molar-refractivity contribution is -0.138. The summed E-state index contributed by atoms with van der Waals surface area (Å²) >= 11 is 0. The summed E-state index contributed by atoms with van der Waals surface area (Å²) in [7, 11) is 4.77. The maximum absolute atomic E-state index is 12.8. The van der Waals surface area contributed by atoms with Gasteiger partial charge in [0.2, 0.25) is 11.7 Å². The van der Waals surface area contributed by atoms with Gasteiger partial charge in [0, 0.05) is 18.5 Å². The van der Waals surface area contributed by atoms with Crippen molar-refractivity contribution < 1.29 is 28.5 Å². The molecule has 0 bridgehead atoms. The monoisotopic (exact) mass is 458 g/mol. The van der Waals surface area contributed by atoms with E-state index < -0.39 is 5.60 Å². The van der Waals surface area contributed by atoms with Gasteiger partial charge in [-0.2, -0.15) is 0 Å². The molecule has 8 nitrogen and oxygen atoms in total. The van der Waals surface area contributed by atoms with Crippen LogP contribution in [0.4, 0.5) is 0 Å². The van der Waals surface area contributed by atoms with Crippen LogP contribution in [0.25, 0.3) is 0 Å². The summed E-state index contributed by atoms with van der Waals surface area (Å²) in [6.45, 7) is 1.21. The predicted molar refractivity (Wildman–Crippen MR) is 122 cm³/mol. The van der Waals surface area contributed by atoms with Gasteiger partial charge in [-0.15, -0.1) is 0 Å². The number of carbonyl (C=O) groups is 1. The number of methoxy groups -OCH3 is 3. The molecule has 4 rings (SSSR count). The van der Waals surface area contributed by atoms with Crippen molar-refractivity contribution in [3.63, 3.8) is 0 Å². The maximum Gasteiger partial charge on any atom is 0.234 e. The lowest BCUT2D eigenvalue weighted by atomic mass is 9.66. The zero-order valence-electron chi connectivity index (χ0n) is 19.6. The number of furan rings is 1. The molecule has 1 saturated heterocycles. The minimum absolute atomic E-state index is 0.0145. The average Bonchev–Trinajstić information content (AvgIpc) is 3.35. The Bertz CT molecular complexity index is 921. The highest BCUT2D eigenvalue weighted by molar-refractivity contribution is 5.78. The fourth-order valence-corrected chi connectivity index (χ4v) is 5.47. The van der Waals surface area contributed by atoms with E-state index in [1.807, 2.05) is 18.2 Å². The van der Waals surface area contributed by atoms with Gasteiger partial charge in [0.1, 0.15) is 5.76 Å². The van der Waals surface area contributed by atoms with Crippen molar-refractivity contribution in [2.75, 3.05) is 34.4 Å². The molecule has 1 aromatic carbocycles. The van der Waals surface area contributed by atoms with E-state index in [-0.39, 0.29) is 24.4 Å². The van der Waals surface area contributed by atoms with Crippen molar-refractivity contribution in [2.45, 2.75) is 50.3 Å². The molecule has 0 radical (unpaired) electrons. The predicted octanol–water partition coefficient (Wildman–Crippen LogP) is 3.29. The normalized spacial score (nSPS) is 25.2. The number of hydrogen-bond donors (Lipinski definition) is 2. The number of hydrogen-bond acceptors (Lipinski definition) is 7. The largest absolute Gasteiger partial charge is 0.493 e. The zero-order valence-corrected chi connectivity index (χ0v) is 19.6. The van der Waals surface area contributed by atoms with Gasteiger partial charge in [-0.3, -0.25) is 9.69 Å². The number of nitrogens with zero attached hydrogens (tertiary/aromatic N) is 1. The van der Waals surface area contributed by atoms with Crippen LogP contribution in [0.5, 0.6) is 17.2 Å². The second kappa shape index (κ2) is 10.1. The summed E-state index contributed by atoms with van der Waals surface area (Å²) in [5.74, 6) is 2.31. The van der Waals surface area contributed by atoms with Crippen molar-refractivity contribution >= 4 is 5.91 Å². The van der Waals surface area contributed by atoms with Crippen molar-refractivity contribution in [3.05, 3.63) is 41.9 Å². The highest BCUT2D eigenvalue weighted by Crippen LogP contribution is 2.51. The van der Waals surface area contributed by atoms with Crippen LogP contribution < -0.4 is 19.5 Å². The van der Waals surface area contributed by atoms with Gasteiger partial charge >= 0.3 is 0 Å². The number of aliphatic hydroxyl groups is 1. The molecule has 33 heavy (non-hydrogen) atoms. The van der Waals surface area contributed by atoms with E-state index in [4.69, 9.17) is 18.6 Å². The first-order valence-corrected chi connectivity index (χ1v) is 11.5. The molecule has 2 aliphatic rings. The first kappa shape index (κ1) is 23.4. The fraction of sp³-hybridized carbons (Fsp3) is 0.560. The topological polar surface area (TPSA) is 93.4 Å². The molecule has 1 aromatic heterocycles. The number of nitrogens with one attached hydrogen (secondary N) is 1. The average molecular weight is 459 g/mol. The van der Waals surface area contributed by atoms with Crippen LogP contribution in [0.3, 0.4) is 0 Å². The van der Waals surface area contributed by atoms with Crippen molar-refractivity contribution in [2.24, 2.45) is 5.92 Å². The molecule has 180 valence electrons. The maximum atomic E-state index is 12.8. The van der Waals surface area contributed by atoms with E-state index in [2.05, 4.69) is 10.2 Å². The van der Waals surface area contributed by atoms with Crippen LogP contribution in [-0.2, 0) is 11.3 Å². The zero-order chi connectivity index (χ0) is 23.4. The third kappa shape index (κ3) is 4.82. The Kier molecular flexibility index (Phi) is 7.14. The second-order valence-corrected chi connectivity index (χ2v) is 8.94. The van der Waals surface area contributed by atoms with E-state index in [1.54, 1.807) is 33.7 Å². The van der Waals surface area contributed by atoms with E-state index in [9.17, 15) is 9.90 Å². The molecular weight excluding hydrogens is 424 g/mol. The van der Waals surface area contributed by atoms with Crippen molar-refractivity contribution in [3.8, 4) is 17.2 Å². The van der Waals surface area contributed by atoms with Gasteiger partial charge < -0.3 is 29.1 Å². The van der Waals surface area contributed by atoms with Gasteiger partial charge in [-0.1, -0.05) is 12.8 Å². The molecule has 8 heteroatoms. The number of benzene rings is 1. The molecule has 1 amide bonds. The Morgan fingerprint density at radius 2 is 1.94 bits per heavy atom. The molecule has 1 saturated carbocycles. The highest BCUT2D eigenvalue weighted by atomic mass is 16.5. The quantitative estimate of drug-likeness (QED) is 0.627. The van der Waals surface area contributed by atoms with Gasteiger partial charge in [-0.25, -0.2) is 0 Å². The molecule has 2 heterocycles. The van der Waals surface area contributed by atoms with E-state index in [1.165, 1.54) is 0 Å². The van der Waals surface area contributed by atoms with Crippen molar-refractivity contribution in [1.29, 1.82) is 0 Å². The Balaban J connectivity index is 1.64. The summed E-state index contributed by atoms with van der Waals surface area (Å²) in [6.07, 6.45) is 6.03. The first-order valence-electron chi connectivity index (χ1n) is 11.5. The van der Waals surface area contributed by atoms with Crippen LogP contribution in [0.15, 0.2) is 34.9 Å². The van der Waals surface area contributed by atoms with Crippen LogP contribution in [0, 0.1) is 5.92 Å². The summed E-state index contributed by atoms with van der Waals surface area (Å²) in [6, 6.07) is 7.38. The summed E-state index contributed by atoms with van der Waals surface area (Å²) in [4.78, 5) is 15.0. The number of piperidine rings is 1. The van der Waals surface area contributed by atoms with Gasteiger partial charge in [0.25, 0.3) is 0 Å². The minimum atomic E-state index is -0.732. The molecule has 1 aliphatic heterocycles. The van der Waals surface area contributed by atoms with E-state index in [0.717, 1.165) is 31.2 Å². The summed E-state index contributed by atoms with van der Waals surface area (Å²) in [5, 5.41) is 14.5. The number of likely N-dealkylation sites (tertiary alicyclic amines) is 1. The molecule has 0 spiro atoms. The first-order chi connectivity index (χ1) is 16.0. The standard InChI is InChI=1S/C25H34N2O6/c1-30-20-13-17(14-21(31-2)24(20)32-3)23-19-8-4-5-9-25(19,29)10-11-27(23)16-22(28)26-15-18-7-6-12-33-18/h6-7,12-14,19,23,29H,4-5,8-11,15-16H2,1-3H3,(H,26,28)/t19-,23-,25+/m1/s1.